The van der Waals surface area contributed by atoms with E-state index < -0.39 is 11.7 Å². The van der Waals surface area contributed by atoms with Gasteiger partial charge in [-0.15, -0.1) is 0 Å². The molecule has 0 heterocycles. The Morgan fingerprint density at radius 2 is 2.05 bits per heavy atom. The van der Waals surface area contributed by atoms with Crippen LogP contribution in [0.3, 0.4) is 0 Å². The number of primary amides is 1. The average Bonchev–Trinajstić information content (AvgIpc) is 2.42. The number of aryl methyl sites for hydroxylation is 1. The number of carbonyl (C=O) groups is 1. The Kier molecular flexibility index (Phi) is 4.33. The Morgan fingerprint density at radius 1 is 1.33 bits per heavy atom. The summed E-state index contributed by atoms with van der Waals surface area (Å²) < 4.78 is 19.1. The van der Waals surface area contributed by atoms with Crippen LogP contribution in [0.1, 0.15) is 21.5 Å². The predicted molar refractivity (Wildman–Crippen MR) is 79.9 cm³/mol. The molecule has 6 heteroatoms. The minimum atomic E-state index is -0.565. The lowest BCUT2D eigenvalue weighted by Gasteiger charge is -2.11. The number of anilines is 1. The van der Waals surface area contributed by atoms with Crippen molar-refractivity contribution in [2.75, 3.05) is 5.73 Å². The van der Waals surface area contributed by atoms with E-state index in [2.05, 4.69) is 0 Å². The largest absolute Gasteiger partial charge is 0.486 e. The minimum Gasteiger partial charge on any atom is -0.486 e. The van der Waals surface area contributed by atoms with Crippen LogP contribution >= 0.6 is 11.6 Å². The zero-order valence-corrected chi connectivity index (χ0v) is 12.1. The molecule has 0 saturated carbocycles. The first-order chi connectivity index (χ1) is 9.88. The standard InChI is InChI=1S/C15H14ClFN2O2/c1-8-4-14(12(17)6-13(8)18)21-7-10-3-2-9(15(19)20)5-11(10)16/h2-6H,7,18H2,1H3,(H2,19,20). The van der Waals surface area contributed by atoms with Crippen molar-refractivity contribution in [1.29, 1.82) is 0 Å². The van der Waals surface area contributed by atoms with E-state index in [0.717, 1.165) is 5.56 Å². The van der Waals surface area contributed by atoms with Crippen molar-refractivity contribution in [3.8, 4) is 5.75 Å². The SMILES string of the molecule is Cc1cc(OCc2ccc(C(N)=O)cc2Cl)c(F)cc1N. The normalized spacial score (nSPS) is 10.4. The summed E-state index contributed by atoms with van der Waals surface area (Å²) in [6, 6.07) is 7.34. The van der Waals surface area contributed by atoms with E-state index in [1.165, 1.54) is 24.3 Å². The number of ether oxygens (including phenoxy) is 1. The number of halogens is 2. The van der Waals surface area contributed by atoms with Crippen molar-refractivity contribution in [3.05, 3.63) is 57.9 Å². The monoisotopic (exact) mass is 308 g/mol. The Morgan fingerprint density at radius 3 is 2.67 bits per heavy atom. The molecule has 0 bridgehead atoms. The van der Waals surface area contributed by atoms with Crippen LogP contribution in [0.5, 0.6) is 5.75 Å². The van der Waals surface area contributed by atoms with Crippen molar-refractivity contribution in [3.63, 3.8) is 0 Å². The van der Waals surface area contributed by atoms with Gasteiger partial charge in [0.1, 0.15) is 6.61 Å². The lowest BCUT2D eigenvalue weighted by Crippen LogP contribution is -2.11. The molecule has 0 unspecified atom stereocenters. The van der Waals surface area contributed by atoms with E-state index >= 15 is 0 Å². The smallest absolute Gasteiger partial charge is 0.248 e. The van der Waals surface area contributed by atoms with Gasteiger partial charge in [-0.2, -0.15) is 0 Å². The maximum atomic E-state index is 13.7. The second-order valence-electron chi connectivity index (χ2n) is 4.60. The van der Waals surface area contributed by atoms with E-state index in [9.17, 15) is 9.18 Å². The Bertz CT molecular complexity index is 704. The molecule has 2 aromatic rings. The summed E-state index contributed by atoms with van der Waals surface area (Å²) in [6.45, 7) is 1.83. The Labute approximate surface area is 126 Å². The molecular formula is C15H14ClFN2O2. The summed E-state index contributed by atoms with van der Waals surface area (Å²) in [5.74, 6) is -1.01. The zero-order valence-electron chi connectivity index (χ0n) is 11.3. The first-order valence-corrected chi connectivity index (χ1v) is 6.53. The number of benzene rings is 2. The molecule has 0 aliphatic carbocycles. The van der Waals surface area contributed by atoms with Gasteiger partial charge in [-0.05, 0) is 30.7 Å². The fourth-order valence-electron chi connectivity index (χ4n) is 1.75. The molecule has 0 fully saturated rings. The fourth-order valence-corrected chi connectivity index (χ4v) is 1.99. The van der Waals surface area contributed by atoms with Gasteiger partial charge in [0, 0.05) is 27.9 Å². The molecule has 2 aromatic carbocycles. The van der Waals surface area contributed by atoms with Gasteiger partial charge in [0.05, 0.1) is 0 Å². The second kappa shape index (κ2) is 6.01. The van der Waals surface area contributed by atoms with Gasteiger partial charge in [0.25, 0.3) is 0 Å². The number of amides is 1. The van der Waals surface area contributed by atoms with Crippen LogP contribution in [0.4, 0.5) is 10.1 Å². The second-order valence-corrected chi connectivity index (χ2v) is 5.01. The molecule has 0 saturated heterocycles. The third kappa shape index (κ3) is 3.44. The zero-order chi connectivity index (χ0) is 15.6. The van der Waals surface area contributed by atoms with E-state index in [4.69, 9.17) is 27.8 Å². The highest BCUT2D eigenvalue weighted by Gasteiger charge is 2.10. The first-order valence-electron chi connectivity index (χ1n) is 6.15. The van der Waals surface area contributed by atoms with Gasteiger partial charge in [0.15, 0.2) is 11.6 Å². The first kappa shape index (κ1) is 15.1. The summed E-state index contributed by atoms with van der Waals surface area (Å²) in [5, 5.41) is 0.332. The molecule has 4 N–H and O–H groups in total. The van der Waals surface area contributed by atoms with Gasteiger partial charge in [-0.1, -0.05) is 17.7 Å². The van der Waals surface area contributed by atoms with Crippen LogP contribution in [-0.4, -0.2) is 5.91 Å². The topological polar surface area (TPSA) is 78.3 Å². The van der Waals surface area contributed by atoms with Gasteiger partial charge in [-0.3, -0.25) is 4.79 Å². The van der Waals surface area contributed by atoms with Crippen LogP contribution in [0.15, 0.2) is 30.3 Å². The van der Waals surface area contributed by atoms with E-state index in [-0.39, 0.29) is 12.4 Å². The number of hydrogen-bond donors (Lipinski definition) is 2. The van der Waals surface area contributed by atoms with Crippen LogP contribution in [0.25, 0.3) is 0 Å². The Balaban J connectivity index is 2.17. The van der Waals surface area contributed by atoms with Crippen LogP contribution in [0, 0.1) is 12.7 Å². The number of nitrogens with two attached hydrogens (primary N) is 2. The number of hydrogen-bond acceptors (Lipinski definition) is 3. The highest BCUT2D eigenvalue weighted by Crippen LogP contribution is 2.26. The van der Waals surface area contributed by atoms with E-state index in [1.54, 1.807) is 13.0 Å². The van der Waals surface area contributed by atoms with Gasteiger partial charge in [0.2, 0.25) is 5.91 Å². The van der Waals surface area contributed by atoms with E-state index in [1.807, 2.05) is 0 Å². The summed E-state index contributed by atoms with van der Waals surface area (Å²) in [5.41, 5.74) is 12.8. The van der Waals surface area contributed by atoms with Crippen molar-refractivity contribution < 1.29 is 13.9 Å². The number of nitrogen functional groups attached to an aromatic ring is 1. The third-order valence-corrected chi connectivity index (χ3v) is 3.39. The van der Waals surface area contributed by atoms with Crippen LogP contribution in [0.2, 0.25) is 5.02 Å². The minimum absolute atomic E-state index is 0.0676. The predicted octanol–water partition coefficient (Wildman–Crippen LogP) is 3.05. The maximum Gasteiger partial charge on any atom is 0.248 e. The van der Waals surface area contributed by atoms with Crippen LogP contribution < -0.4 is 16.2 Å². The molecule has 4 nitrogen and oxygen atoms in total. The molecule has 0 aliphatic heterocycles. The molecule has 0 spiro atoms. The molecule has 0 radical (unpaired) electrons. The molecule has 0 atom stereocenters. The lowest BCUT2D eigenvalue weighted by atomic mass is 10.1. The number of rotatable bonds is 4. The molecule has 0 aromatic heterocycles. The summed E-state index contributed by atoms with van der Waals surface area (Å²) in [6.07, 6.45) is 0. The molecular weight excluding hydrogens is 295 g/mol. The highest BCUT2D eigenvalue weighted by molar-refractivity contribution is 6.31. The molecule has 0 aliphatic rings. The summed E-state index contributed by atoms with van der Waals surface area (Å²) in [4.78, 5) is 11.0. The van der Waals surface area contributed by atoms with Crippen LogP contribution in [-0.2, 0) is 6.61 Å². The summed E-state index contributed by atoms with van der Waals surface area (Å²) >= 11 is 6.03. The van der Waals surface area contributed by atoms with Crippen molar-refractivity contribution in [1.82, 2.24) is 0 Å². The maximum absolute atomic E-state index is 13.7. The van der Waals surface area contributed by atoms with E-state index in [0.29, 0.717) is 21.8 Å². The molecule has 2 rings (SSSR count). The van der Waals surface area contributed by atoms with Crippen molar-refractivity contribution in [2.45, 2.75) is 13.5 Å². The highest BCUT2D eigenvalue weighted by atomic mass is 35.5. The van der Waals surface area contributed by atoms with Gasteiger partial charge in [-0.25, -0.2) is 4.39 Å². The molecule has 1 amide bonds. The summed E-state index contributed by atoms with van der Waals surface area (Å²) in [7, 11) is 0. The Hall–Kier alpha value is -2.27. The number of carbonyl (C=O) groups excluding carboxylic acids is 1. The quantitative estimate of drug-likeness (QED) is 0.852. The third-order valence-electron chi connectivity index (χ3n) is 3.04. The van der Waals surface area contributed by atoms with Gasteiger partial charge >= 0.3 is 0 Å². The average molecular weight is 309 g/mol. The fraction of sp³-hybridized carbons (Fsp3) is 0.133. The lowest BCUT2D eigenvalue weighted by molar-refractivity contribution is 0.1000. The van der Waals surface area contributed by atoms with Crippen molar-refractivity contribution >= 4 is 23.2 Å². The molecule has 21 heavy (non-hydrogen) atoms. The molecule has 110 valence electrons. The van der Waals surface area contributed by atoms with Gasteiger partial charge < -0.3 is 16.2 Å². The van der Waals surface area contributed by atoms with Crippen molar-refractivity contribution in [2.24, 2.45) is 5.73 Å².